The number of carbonyl (C=O) groups is 1. The molecule has 1 aliphatic rings. The van der Waals surface area contributed by atoms with E-state index in [0.29, 0.717) is 34.1 Å². The van der Waals surface area contributed by atoms with Crippen LogP contribution in [0.5, 0.6) is 11.5 Å². The van der Waals surface area contributed by atoms with Gasteiger partial charge in [0.2, 0.25) is 5.13 Å². The van der Waals surface area contributed by atoms with Crippen molar-refractivity contribution in [2.75, 3.05) is 19.5 Å². The molecule has 1 aromatic heterocycles. The fourth-order valence-electron chi connectivity index (χ4n) is 3.30. The van der Waals surface area contributed by atoms with Gasteiger partial charge in [-0.05, 0) is 47.0 Å². The number of hydrogen-bond acceptors (Lipinski definition) is 6. The van der Waals surface area contributed by atoms with E-state index in [1.54, 1.807) is 24.3 Å². The van der Waals surface area contributed by atoms with Crippen molar-refractivity contribution >= 4 is 34.0 Å². The number of fused-ring (bicyclic) bond motifs is 1. The van der Waals surface area contributed by atoms with Crippen LogP contribution < -0.4 is 14.8 Å². The third-order valence-corrected chi connectivity index (χ3v) is 5.67. The number of anilines is 1. The minimum absolute atomic E-state index is 0.219. The van der Waals surface area contributed by atoms with E-state index in [9.17, 15) is 18.0 Å². The van der Waals surface area contributed by atoms with Crippen molar-refractivity contribution in [3.05, 3.63) is 63.7 Å². The molecule has 4 rings (SSSR count). The average molecular weight is 447 g/mol. The lowest BCUT2D eigenvalue weighted by Crippen LogP contribution is -2.14. The number of benzene rings is 2. The van der Waals surface area contributed by atoms with Crippen LogP contribution in [0.4, 0.5) is 18.3 Å². The molecule has 0 atom stereocenters. The molecule has 0 aliphatic heterocycles. The third-order valence-electron chi connectivity index (χ3n) is 4.76. The van der Waals surface area contributed by atoms with Crippen molar-refractivity contribution in [3.63, 3.8) is 0 Å². The summed E-state index contributed by atoms with van der Waals surface area (Å²) in [6.45, 7) is 0. The van der Waals surface area contributed by atoms with Gasteiger partial charge in [-0.2, -0.15) is 13.2 Å². The van der Waals surface area contributed by atoms with Crippen LogP contribution >= 0.6 is 11.3 Å². The van der Waals surface area contributed by atoms with Crippen molar-refractivity contribution in [1.82, 2.24) is 10.2 Å². The molecule has 0 bridgehead atoms. The Labute approximate surface area is 179 Å². The van der Waals surface area contributed by atoms with Crippen LogP contribution in [0.15, 0.2) is 36.4 Å². The van der Waals surface area contributed by atoms with Gasteiger partial charge in [0.15, 0.2) is 0 Å². The van der Waals surface area contributed by atoms with E-state index in [4.69, 9.17) is 9.47 Å². The molecular formula is C21H16F3N3O3S. The van der Waals surface area contributed by atoms with Crippen molar-refractivity contribution in [2.24, 2.45) is 0 Å². The normalized spacial score (nSPS) is 12.9. The highest BCUT2D eigenvalue weighted by molar-refractivity contribution is 7.16. The maximum absolute atomic E-state index is 13.0. The Kier molecular flexibility index (Phi) is 5.40. The standard InChI is InChI=1S/C21H16F3N3O3S/c1-29-15-4-3-5-16(30-2)17(15)18(28)25-20-27-26-19(31-20)13-8-11-6-7-14(21(22,23)24)10-12(11)9-13/h3-8,10H,9H2,1-2H3,(H,25,27,28). The highest BCUT2D eigenvalue weighted by Gasteiger charge is 2.32. The lowest BCUT2D eigenvalue weighted by molar-refractivity contribution is -0.137. The number of methoxy groups -OCH3 is 2. The molecule has 160 valence electrons. The number of alkyl halides is 3. The van der Waals surface area contributed by atoms with E-state index in [1.807, 2.05) is 0 Å². The Bertz CT molecular complexity index is 1170. The topological polar surface area (TPSA) is 73.3 Å². The second-order valence-corrected chi connectivity index (χ2v) is 7.64. The van der Waals surface area contributed by atoms with Crippen LogP contribution in [-0.2, 0) is 12.6 Å². The second-order valence-electron chi connectivity index (χ2n) is 6.66. The van der Waals surface area contributed by atoms with E-state index >= 15 is 0 Å². The van der Waals surface area contributed by atoms with Gasteiger partial charge >= 0.3 is 6.18 Å². The summed E-state index contributed by atoms with van der Waals surface area (Å²) < 4.78 is 49.3. The Morgan fingerprint density at radius 3 is 2.45 bits per heavy atom. The molecule has 6 nitrogen and oxygen atoms in total. The van der Waals surface area contributed by atoms with E-state index in [0.717, 1.165) is 29.0 Å². The van der Waals surface area contributed by atoms with Crippen LogP contribution in [0.1, 0.15) is 32.1 Å². The Morgan fingerprint density at radius 2 is 1.81 bits per heavy atom. The zero-order valence-corrected chi connectivity index (χ0v) is 17.2. The number of allylic oxidation sites excluding steroid dienone is 1. The smallest absolute Gasteiger partial charge is 0.416 e. The monoisotopic (exact) mass is 447 g/mol. The number of halogens is 3. The molecule has 0 saturated carbocycles. The molecular weight excluding hydrogens is 431 g/mol. The third kappa shape index (κ3) is 4.11. The lowest BCUT2D eigenvalue weighted by atomic mass is 10.1. The molecule has 31 heavy (non-hydrogen) atoms. The Hall–Kier alpha value is -3.40. The van der Waals surface area contributed by atoms with Crippen molar-refractivity contribution < 1.29 is 27.4 Å². The number of nitrogens with zero attached hydrogens (tertiary/aromatic N) is 2. The summed E-state index contributed by atoms with van der Waals surface area (Å²) in [5, 5.41) is 11.5. The van der Waals surface area contributed by atoms with Gasteiger partial charge in [-0.15, -0.1) is 10.2 Å². The van der Waals surface area contributed by atoms with Gasteiger partial charge in [0.05, 0.1) is 19.8 Å². The van der Waals surface area contributed by atoms with Gasteiger partial charge in [-0.3, -0.25) is 10.1 Å². The zero-order chi connectivity index (χ0) is 22.2. The minimum Gasteiger partial charge on any atom is -0.496 e. The molecule has 3 aromatic rings. The van der Waals surface area contributed by atoms with Gasteiger partial charge in [-0.1, -0.05) is 23.5 Å². The van der Waals surface area contributed by atoms with Crippen LogP contribution in [0.3, 0.4) is 0 Å². The molecule has 1 N–H and O–H groups in total. The molecule has 0 saturated heterocycles. The molecule has 0 spiro atoms. The first-order valence-corrected chi connectivity index (χ1v) is 9.88. The molecule has 1 aliphatic carbocycles. The molecule has 10 heteroatoms. The number of aromatic nitrogens is 2. The maximum Gasteiger partial charge on any atom is 0.416 e. The molecule has 0 unspecified atom stereocenters. The first kappa shape index (κ1) is 20.9. The van der Waals surface area contributed by atoms with Crippen LogP contribution in [0.25, 0.3) is 11.6 Å². The number of ether oxygens (including phenoxy) is 2. The Balaban J connectivity index is 1.53. The van der Waals surface area contributed by atoms with Gasteiger partial charge in [-0.25, -0.2) is 0 Å². The second kappa shape index (κ2) is 8.03. The van der Waals surface area contributed by atoms with Crippen molar-refractivity contribution in [3.8, 4) is 11.5 Å². The van der Waals surface area contributed by atoms with E-state index in [-0.39, 0.29) is 10.7 Å². The number of carbonyl (C=O) groups excluding carboxylic acids is 1. The van der Waals surface area contributed by atoms with E-state index < -0.39 is 17.6 Å². The van der Waals surface area contributed by atoms with Gasteiger partial charge in [0, 0.05) is 6.42 Å². The summed E-state index contributed by atoms with van der Waals surface area (Å²) in [5.41, 5.74) is 1.56. The molecule has 2 aromatic carbocycles. The molecule has 1 heterocycles. The predicted octanol–water partition coefficient (Wildman–Crippen LogP) is 4.92. The first-order chi connectivity index (χ1) is 14.8. The fraction of sp³-hybridized carbons (Fsp3) is 0.190. The quantitative estimate of drug-likeness (QED) is 0.601. The first-order valence-electron chi connectivity index (χ1n) is 9.07. The number of rotatable bonds is 5. The minimum atomic E-state index is -4.39. The summed E-state index contributed by atoms with van der Waals surface area (Å²) in [4.78, 5) is 12.8. The molecule has 1 amide bonds. The lowest BCUT2D eigenvalue weighted by Gasteiger charge is -2.11. The zero-order valence-electron chi connectivity index (χ0n) is 16.4. The van der Waals surface area contributed by atoms with Gasteiger partial charge < -0.3 is 9.47 Å². The highest BCUT2D eigenvalue weighted by Crippen LogP contribution is 2.38. The summed E-state index contributed by atoms with van der Waals surface area (Å²) in [6.07, 6.45) is -2.30. The summed E-state index contributed by atoms with van der Waals surface area (Å²) in [7, 11) is 2.89. The Morgan fingerprint density at radius 1 is 1.10 bits per heavy atom. The predicted molar refractivity (Wildman–Crippen MR) is 110 cm³/mol. The molecule has 0 radical (unpaired) electrons. The van der Waals surface area contributed by atoms with Gasteiger partial charge in [0.1, 0.15) is 22.1 Å². The fourth-order valence-corrected chi connectivity index (χ4v) is 4.05. The number of nitrogens with one attached hydrogen (secondary N) is 1. The van der Waals surface area contributed by atoms with Crippen molar-refractivity contribution in [1.29, 1.82) is 0 Å². The SMILES string of the molecule is COc1cccc(OC)c1C(=O)Nc1nnc(C2=Cc3ccc(C(F)(F)F)cc3C2)s1. The van der Waals surface area contributed by atoms with Gasteiger partial charge in [0.25, 0.3) is 5.91 Å². The van der Waals surface area contributed by atoms with E-state index in [2.05, 4.69) is 15.5 Å². The highest BCUT2D eigenvalue weighted by atomic mass is 32.1. The number of hydrogen-bond donors (Lipinski definition) is 1. The van der Waals surface area contributed by atoms with Crippen LogP contribution in [0, 0.1) is 0 Å². The van der Waals surface area contributed by atoms with Crippen LogP contribution in [0.2, 0.25) is 0 Å². The summed E-state index contributed by atoms with van der Waals surface area (Å²) in [5.74, 6) is 0.211. The average Bonchev–Trinajstić information content (AvgIpc) is 3.38. The van der Waals surface area contributed by atoms with Crippen LogP contribution in [-0.4, -0.2) is 30.3 Å². The van der Waals surface area contributed by atoms with Crippen molar-refractivity contribution in [2.45, 2.75) is 12.6 Å². The number of amides is 1. The summed E-state index contributed by atoms with van der Waals surface area (Å²) in [6, 6.07) is 8.63. The maximum atomic E-state index is 13.0. The summed E-state index contributed by atoms with van der Waals surface area (Å²) >= 11 is 1.13. The molecule has 0 fully saturated rings. The van der Waals surface area contributed by atoms with E-state index in [1.165, 1.54) is 20.3 Å². The largest absolute Gasteiger partial charge is 0.496 e.